The Kier molecular flexibility index (Phi) is 4.45. The maximum atomic E-state index is 11.6. The van der Waals surface area contributed by atoms with E-state index in [-0.39, 0.29) is 26.9 Å². The van der Waals surface area contributed by atoms with Gasteiger partial charge in [-0.15, -0.1) is 0 Å². The number of aromatic nitrogens is 1. The van der Waals surface area contributed by atoms with Crippen molar-refractivity contribution in [1.29, 1.82) is 0 Å². The molecule has 0 atom stereocenters. The van der Waals surface area contributed by atoms with Crippen molar-refractivity contribution >= 4 is 35.1 Å². The van der Waals surface area contributed by atoms with E-state index in [0.717, 1.165) is 0 Å². The maximum absolute atomic E-state index is 11.6. The van der Waals surface area contributed by atoms with Gasteiger partial charge in [-0.25, -0.2) is 14.6 Å². The third kappa shape index (κ3) is 3.15. The Bertz CT molecular complexity index is 731. The summed E-state index contributed by atoms with van der Waals surface area (Å²) in [5, 5.41) is 9.58. The van der Waals surface area contributed by atoms with Gasteiger partial charge >= 0.3 is 11.9 Å². The maximum Gasteiger partial charge on any atom is 0.337 e. The standard InChI is InChI=1S/C14H9Cl2NO4/c1-21-14(20)7-2-3-11(15)8(4-7)10-6-17-12(16)5-9(10)13(18)19/h2-6H,1H3,(H,18,19). The molecule has 0 unspecified atom stereocenters. The zero-order chi connectivity index (χ0) is 15.6. The molecule has 5 nitrogen and oxygen atoms in total. The molecule has 0 radical (unpaired) electrons. The highest BCUT2D eigenvalue weighted by molar-refractivity contribution is 6.34. The second kappa shape index (κ2) is 6.11. The number of aromatic carboxylic acids is 1. The van der Waals surface area contributed by atoms with E-state index in [2.05, 4.69) is 9.72 Å². The van der Waals surface area contributed by atoms with Gasteiger partial charge in [0.15, 0.2) is 0 Å². The second-order valence-electron chi connectivity index (χ2n) is 4.04. The number of halogens is 2. The minimum atomic E-state index is -1.17. The van der Waals surface area contributed by atoms with Crippen molar-refractivity contribution in [3.8, 4) is 11.1 Å². The van der Waals surface area contributed by atoms with Crippen molar-refractivity contribution in [2.45, 2.75) is 0 Å². The Morgan fingerprint density at radius 2 is 1.90 bits per heavy atom. The third-order valence-electron chi connectivity index (χ3n) is 2.78. The summed E-state index contributed by atoms with van der Waals surface area (Å²) >= 11 is 11.8. The van der Waals surface area contributed by atoms with Crippen LogP contribution < -0.4 is 0 Å². The molecule has 1 N–H and O–H groups in total. The van der Waals surface area contributed by atoms with Crippen LogP contribution in [0.15, 0.2) is 30.5 Å². The van der Waals surface area contributed by atoms with Crippen LogP contribution in [0.1, 0.15) is 20.7 Å². The van der Waals surface area contributed by atoms with Gasteiger partial charge in [0, 0.05) is 22.3 Å². The molecular formula is C14H9Cl2NO4. The van der Waals surface area contributed by atoms with Crippen LogP contribution in [0.2, 0.25) is 10.2 Å². The third-order valence-corrected chi connectivity index (χ3v) is 3.31. The zero-order valence-electron chi connectivity index (χ0n) is 10.8. The molecule has 0 aliphatic rings. The number of esters is 1. The van der Waals surface area contributed by atoms with Gasteiger partial charge < -0.3 is 9.84 Å². The van der Waals surface area contributed by atoms with E-state index in [1.807, 2.05) is 0 Å². The van der Waals surface area contributed by atoms with Crippen LogP contribution in [-0.2, 0) is 4.74 Å². The summed E-state index contributed by atoms with van der Waals surface area (Å²) in [4.78, 5) is 26.7. The largest absolute Gasteiger partial charge is 0.478 e. The van der Waals surface area contributed by atoms with E-state index in [1.54, 1.807) is 0 Å². The quantitative estimate of drug-likeness (QED) is 0.689. The number of carbonyl (C=O) groups is 2. The topological polar surface area (TPSA) is 76.5 Å². The number of methoxy groups -OCH3 is 1. The van der Waals surface area contributed by atoms with Crippen molar-refractivity contribution in [3.63, 3.8) is 0 Å². The molecule has 0 amide bonds. The Labute approximate surface area is 130 Å². The van der Waals surface area contributed by atoms with Crippen LogP contribution >= 0.6 is 23.2 Å². The molecule has 1 aromatic heterocycles. The van der Waals surface area contributed by atoms with Gasteiger partial charge in [0.05, 0.1) is 18.2 Å². The van der Waals surface area contributed by atoms with Gasteiger partial charge in [-0.2, -0.15) is 0 Å². The molecule has 0 spiro atoms. The Morgan fingerprint density at radius 3 is 2.52 bits per heavy atom. The lowest BCUT2D eigenvalue weighted by atomic mass is 10.00. The van der Waals surface area contributed by atoms with Gasteiger partial charge in [-0.3, -0.25) is 0 Å². The first-order valence-corrected chi connectivity index (χ1v) is 6.46. The lowest BCUT2D eigenvalue weighted by Crippen LogP contribution is -2.04. The fourth-order valence-electron chi connectivity index (χ4n) is 1.80. The van der Waals surface area contributed by atoms with Crippen LogP contribution in [0, 0.1) is 0 Å². The predicted octanol–water partition coefficient (Wildman–Crippen LogP) is 3.54. The van der Waals surface area contributed by atoms with E-state index in [0.29, 0.717) is 5.56 Å². The molecule has 1 heterocycles. The van der Waals surface area contributed by atoms with Crippen molar-refractivity contribution in [2.75, 3.05) is 7.11 Å². The van der Waals surface area contributed by atoms with Crippen LogP contribution in [-0.4, -0.2) is 29.1 Å². The number of carbonyl (C=O) groups excluding carboxylic acids is 1. The number of pyridine rings is 1. The lowest BCUT2D eigenvalue weighted by molar-refractivity contribution is 0.0600. The average molecular weight is 326 g/mol. The monoisotopic (exact) mass is 325 g/mol. The number of nitrogens with zero attached hydrogens (tertiary/aromatic N) is 1. The van der Waals surface area contributed by atoms with Gasteiger partial charge in [0.25, 0.3) is 0 Å². The number of carboxylic acids is 1. The van der Waals surface area contributed by atoms with E-state index >= 15 is 0 Å². The van der Waals surface area contributed by atoms with Gasteiger partial charge in [0.2, 0.25) is 0 Å². The fourth-order valence-corrected chi connectivity index (χ4v) is 2.18. The van der Waals surface area contributed by atoms with E-state index in [4.69, 9.17) is 23.2 Å². The number of carboxylic acid groups (broad SMARTS) is 1. The highest BCUT2D eigenvalue weighted by Crippen LogP contribution is 2.32. The Hall–Kier alpha value is -2.11. The first kappa shape index (κ1) is 15.3. The van der Waals surface area contributed by atoms with Crippen molar-refractivity contribution < 1.29 is 19.4 Å². The molecule has 0 aliphatic carbocycles. The van der Waals surface area contributed by atoms with Crippen molar-refractivity contribution in [3.05, 3.63) is 51.8 Å². The molecule has 2 aromatic rings. The molecular weight excluding hydrogens is 317 g/mol. The summed E-state index contributed by atoms with van der Waals surface area (Å²) in [7, 11) is 1.25. The highest BCUT2D eigenvalue weighted by Gasteiger charge is 2.17. The second-order valence-corrected chi connectivity index (χ2v) is 4.84. The summed E-state index contributed by atoms with van der Waals surface area (Å²) in [6, 6.07) is 5.65. The molecule has 2 rings (SSSR count). The molecule has 0 fully saturated rings. The summed E-state index contributed by atoms with van der Waals surface area (Å²) in [5.41, 5.74) is 0.825. The summed E-state index contributed by atoms with van der Waals surface area (Å²) in [6.07, 6.45) is 1.30. The zero-order valence-corrected chi connectivity index (χ0v) is 12.3. The summed E-state index contributed by atoms with van der Waals surface area (Å²) in [5.74, 6) is -1.72. The van der Waals surface area contributed by atoms with Gasteiger partial charge in [0.1, 0.15) is 5.15 Å². The Morgan fingerprint density at radius 1 is 1.19 bits per heavy atom. The molecule has 0 saturated heterocycles. The minimum absolute atomic E-state index is 0.0522. The van der Waals surface area contributed by atoms with Gasteiger partial charge in [-0.1, -0.05) is 23.2 Å². The Balaban J connectivity index is 2.66. The first-order chi connectivity index (χ1) is 9.93. The molecule has 21 heavy (non-hydrogen) atoms. The van der Waals surface area contributed by atoms with Crippen LogP contribution in [0.3, 0.4) is 0 Å². The summed E-state index contributed by atoms with van der Waals surface area (Å²) < 4.78 is 4.63. The van der Waals surface area contributed by atoms with Crippen molar-refractivity contribution in [2.24, 2.45) is 0 Å². The SMILES string of the molecule is COC(=O)c1ccc(Cl)c(-c2cnc(Cl)cc2C(=O)O)c1. The molecule has 1 aromatic carbocycles. The number of hydrogen-bond donors (Lipinski definition) is 1. The number of benzene rings is 1. The number of ether oxygens (including phenoxy) is 1. The normalized spacial score (nSPS) is 10.2. The first-order valence-electron chi connectivity index (χ1n) is 5.71. The average Bonchev–Trinajstić information content (AvgIpc) is 2.47. The molecule has 0 aliphatic heterocycles. The van der Waals surface area contributed by atoms with Crippen LogP contribution in [0.5, 0.6) is 0 Å². The molecule has 0 saturated carbocycles. The van der Waals surface area contributed by atoms with Gasteiger partial charge in [-0.05, 0) is 24.3 Å². The molecule has 0 bridgehead atoms. The summed E-state index contributed by atoms with van der Waals surface area (Å²) in [6.45, 7) is 0. The predicted molar refractivity (Wildman–Crippen MR) is 78.0 cm³/mol. The smallest absolute Gasteiger partial charge is 0.337 e. The lowest BCUT2D eigenvalue weighted by Gasteiger charge is -2.10. The van der Waals surface area contributed by atoms with Crippen LogP contribution in [0.4, 0.5) is 0 Å². The van der Waals surface area contributed by atoms with Crippen LogP contribution in [0.25, 0.3) is 11.1 Å². The fraction of sp³-hybridized carbons (Fsp3) is 0.0714. The number of hydrogen-bond acceptors (Lipinski definition) is 4. The van der Waals surface area contributed by atoms with E-state index in [9.17, 15) is 14.7 Å². The molecule has 7 heteroatoms. The highest BCUT2D eigenvalue weighted by atomic mass is 35.5. The van der Waals surface area contributed by atoms with E-state index in [1.165, 1.54) is 37.6 Å². The number of rotatable bonds is 3. The molecule has 108 valence electrons. The van der Waals surface area contributed by atoms with Crippen molar-refractivity contribution in [1.82, 2.24) is 4.98 Å². The minimum Gasteiger partial charge on any atom is -0.478 e. The van der Waals surface area contributed by atoms with E-state index < -0.39 is 11.9 Å².